The molecule has 1 fully saturated rings. The van der Waals surface area contributed by atoms with Crippen LogP contribution in [0.15, 0.2) is 60.7 Å². The van der Waals surface area contributed by atoms with Crippen LogP contribution in [-0.2, 0) is 17.8 Å². The highest BCUT2D eigenvalue weighted by Crippen LogP contribution is 2.41. The molecule has 3 aromatic carbocycles. The van der Waals surface area contributed by atoms with Gasteiger partial charge in [-0.2, -0.15) is 0 Å². The first-order valence-electron chi connectivity index (χ1n) is 13.3. The van der Waals surface area contributed by atoms with Crippen LogP contribution in [0, 0.1) is 0 Å². The summed E-state index contributed by atoms with van der Waals surface area (Å²) in [5, 5.41) is 1.88. The largest absolute Gasteiger partial charge is 0.329 e. The Bertz CT molecular complexity index is 1420. The molecule has 2 aliphatic heterocycles. The number of benzene rings is 3. The molecule has 6 rings (SSSR count). The number of carbonyl (C=O) groups is 2. The molecule has 4 nitrogen and oxygen atoms in total. The fourth-order valence-corrected chi connectivity index (χ4v) is 7.45. The van der Waals surface area contributed by atoms with Gasteiger partial charge in [-0.15, -0.1) is 0 Å². The summed E-state index contributed by atoms with van der Waals surface area (Å²) in [5.74, 6) is -0.438. The molecule has 3 aliphatic rings. The smallest absolute Gasteiger partial charge is 0.231 e. The second-order valence-electron chi connectivity index (χ2n) is 11.0. The zero-order chi connectivity index (χ0) is 26.4. The van der Waals surface area contributed by atoms with E-state index in [2.05, 4.69) is 29.2 Å². The lowest BCUT2D eigenvalue weighted by molar-refractivity contribution is -0.932. The molecule has 1 amide bonds. The minimum atomic E-state index is -0.485. The lowest BCUT2D eigenvalue weighted by Gasteiger charge is -2.44. The van der Waals surface area contributed by atoms with Crippen molar-refractivity contribution >= 4 is 46.5 Å². The number of amides is 1. The lowest BCUT2D eigenvalue weighted by Crippen LogP contribution is -2.53. The number of carbonyl (C=O) groups excluding carboxylic acids is 2. The van der Waals surface area contributed by atoms with Crippen molar-refractivity contribution in [3.8, 4) is 0 Å². The quantitative estimate of drug-likeness (QED) is 0.304. The predicted molar refractivity (Wildman–Crippen MR) is 152 cm³/mol. The zero-order valence-electron chi connectivity index (χ0n) is 21.1. The third-order valence-corrected chi connectivity index (χ3v) is 9.49. The van der Waals surface area contributed by atoms with Crippen LogP contribution in [0.25, 0.3) is 0 Å². The van der Waals surface area contributed by atoms with Gasteiger partial charge in [0.25, 0.3) is 0 Å². The van der Waals surface area contributed by atoms with Crippen molar-refractivity contribution in [3.63, 3.8) is 0 Å². The van der Waals surface area contributed by atoms with Crippen molar-refractivity contribution in [1.82, 2.24) is 4.90 Å². The maximum Gasteiger partial charge on any atom is 0.231 e. The number of likely N-dealkylation sites (tertiary alicyclic amines) is 1. The molecule has 0 spiro atoms. The van der Waals surface area contributed by atoms with Crippen molar-refractivity contribution in [1.29, 1.82) is 0 Å². The topological polar surface area (TPSA) is 37.4 Å². The van der Waals surface area contributed by atoms with Gasteiger partial charge in [-0.3, -0.25) is 9.59 Å². The van der Waals surface area contributed by atoms with Gasteiger partial charge in [-0.25, -0.2) is 0 Å². The van der Waals surface area contributed by atoms with Gasteiger partial charge < -0.3 is 9.38 Å². The van der Waals surface area contributed by atoms with Crippen LogP contribution in [0.3, 0.4) is 0 Å². The van der Waals surface area contributed by atoms with Crippen LogP contribution in [0.1, 0.15) is 63.8 Å². The van der Waals surface area contributed by atoms with E-state index >= 15 is 0 Å². The Hall–Kier alpha value is -2.37. The highest BCUT2D eigenvalue weighted by Gasteiger charge is 2.44. The highest BCUT2D eigenvalue weighted by molar-refractivity contribution is 6.35. The second kappa shape index (κ2) is 10.3. The SMILES string of the molecule is O=C1CC(C(=O)N2CCc3ccccc3C2C[N+]2(Cc3ccc(Cl)cc3Cl)CCCC2)c2cc(Cl)ccc21. The van der Waals surface area contributed by atoms with Crippen LogP contribution in [-0.4, -0.2) is 47.3 Å². The average molecular weight is 569 g/mol. The molecule has 0 N–H and O–H groups in total. The second-order valence-corrected chi connectivity index (χ2v) is 12.3. The van der Waals surface area contributed by atoms with Crippen LogP contribution >= 0.6 is 34.8 Å². The number of hydrogen-bond acceptors (Lipinski definition) is 2. The summed E-state index contributed by atoms with van der Waals surface area (Å²) in [7, 11) is 0. The van der Waals surface area contributed by atoms with Crippen LogP contribution < -0.4 is 0 Å². The van der Waals surface area contributed by atoms with Gasteiger partial charge >= 0.3 is 0 Å². The van der Waals surface area contributed by atoms with E-state index in [9.17, 15) is 9.59 Å². The number of ketones is 1. The molecule has 0 bridgehead atoms. The van der Waals surface area contributed by atoms with Gasteiger partial charge in [-0.05, 0) is 53.4 Å². The Morgan fingerprint density at radius 2 is 1.66 bits per heavy atom. The first kappa shape index (κ1) is 25.9. The summed E-state index contributed by atoms with van der Waals surface area (Å²) in [4.78, 5) is 29.1. The Morgan fingerprint density at radius 3 is 2.45 bits per heavy atom. The van der Waals surface area contributed by atoms with Gasteiger partial charge in [-0.1, -0.05) is 65.1 Å². The number of rotatable bonds is 5. The van der Waals surface area contributed by atoms with Crippen molar-refractivity contribution in [2.45, 2.75) is 44.2 Å². The Balaban J connectivity index is 1.36. The van der Waals surface area contributed by atoms with Gasteiger partial charge in [0.1, 0.15) is 19.1 Å². The number of halogens is 3. The van der Waals surface area contributed by atoms with Crippen molar-refractivity contribution in [2.75, 3.05) is 26.2 Å². The maximum atomic E-state index is 14.3. The molecule has 3 aromatic rings. The first-order valence-corrected chi connectivity index (χ1v) is 14.5. The third-order valence-electron chi connectivity index (χ3n) is 8.67. The fourth-order valence-electron chi connectivity index (χ4n) is 6.80. The third kappa shape index (κ3) is 4.77. The summed E-state index contributed by atoms with van der Waals surface area (Å²) in [6, 6.07) is 19.5. The van der Waals surface area contributed by atoms with E-state index in [0.717, 1.165) is 61.1 Å². The average Bonchev–Trinajstić information content (AvgIpc) is 3.49. The molecule has 2 heterocycles. The minimum Gasteiger partial charge on any atom is -0.329 e. The van der Waals surface area contributed by atoms with Gasteiger partial charge in [0.05, 0.1) is 24.0 Å². The zero-order valence-corrected chi connectivity index (χ0v) is 23.4. The molecular weight excluding hydrogens is 539 g/mol. The van der Waals surface area contributed by atoms with Crippen molar-refractivity contribution in [3.05, 3.63) is 104 Å². The van der Waals surface area contributed by atoms with E-state index in [1.165, 1.54) is 11.1 Å². The monoisotopic (exact) mass is 567 g/mol. The van der Waals surface area contributed by atoms with E-state index < -0.39 is 5.92 Å². The Morgan fingerprint density at radius 1 is 0.921 bits per heavy atom. The van der Waals surface area contributed by atoms with Crippen molar-refractivity contribution < 1.29 is 14.1 Å². The molecule has 2 atom stereocenters. The molecule has 0 saturated carbocycles. The standard InChI is InChI=1S/C31H30Cl3N2O2/c32-22-9-10-25-26(15-22)27(17-30(25)37)31(38)35-12-11-20-5-1-2-6-24(20)29(35)19-36(13-3-4-14-36)18-21-7-8-23(33)16-28(21)34/h1-2,5-10,15-16,27,29H,3-4,11-14,17-19H2/q+1. The van der Waals surface area contributed by atoms with Gasteiger partial charge in [0.15, 0.2) is 5.78 Å². The minimum absolute atomic E-state index is 0.0180. The molecule has 0 aromatic heterocycles. The molecule has 196 valence electrons. The summed E-state index contributed by atoms with van der Waals surface area (Å²) < 4.78 is 0.871. The van der Waals surface area contributed by atoms with E-state index in [4.69, 9.17) is 34.8 Å². The summed E-state index contributed by atoms with van der Waals surface area (Å²) in [6.07, 6.45) is 3.32. The number of hydrogen-bond donors (Lipinski definition) is 0. The van der Waals surface area contributed by atoms with Gasteiger partial charge in [0.2, 0.25) is 5.91 Å². The molecule has 7 heteroatoms. The molecule has 2 unspecified atom stereocenters. The molecule has 0 radical (unpaired) electrons. The molecular formula is C31H30Cl3N2O2+. The van der Waals surface area contributed by atoms with E-state index in [1.807, 2.05) is 18.2 Å². The van der Waals surface area contributed by atoms with E-state index in [0.29, 0.717) is 27.2 Å². The Kier molecular flexibility index (Phi) is 7.02. The van der Waals surface area contributed by atoms with Crippen LogP contribution in [0.5, 0.6) is 0 Å². The van der Waals surface area contributed by atoms with Crippen LogP contribution in [0.2, 0.25) is 15.1 Å². The summed E-state index contributed by atoms with van der Waals surface area (Å²) >= 11 is 19.1. The molecule has 1 aliphatic carbocycles. The van der Waals surface area contributed by atoms with Crippen molar-refractivity contribution in [2.24, 2.45) is 0 Å². The number of Topliss-reactive ketones (excluding diaryl/α,β-unsaturated/α-hetero) is 1. The van der Waals surface area contributed by atoms with E-state index in [1.54, 1.807) is 18.2 Å². The normalized spacial score (nSPS) is 21.9. The number of quaternary nitrogens is 1. The fraction of sp³-hybridized carbons (Fsp3) is 0.355. The predicted octanol–water partition coefficient (Wildman–Crippen LogP) is 7.25. The number of nitrogens with zero attached hydrogens (tertiary/aromatic N) is 2. The molecule has 38 heavy (non-hydrogen) atoms. The number of fused-ring (bicyclic) bond motifs is 2. The summed E-state index contributed by atoms with van der Waals surface area (Å²) in [5.41, 5.74) is 5.00. The first-order chi connectivity index (χ1) is 18.3. The summed E-state index contributed by atoms with van der Waals surface area (Å²) in [6.45, 7) is 4.34. The molecule has 1 saturated heterocycles. The maximum absolute atomic E-state index is 14.3. The lowest BCUT2D eigenvalue weighted by atomic mass is 9.89. The van der Waals surface area contributed by atoms with Gasteiger partial charge in [0, 0.05) is 47.0 Å². The van der Waals surface area contributed by atoms with E-state index in [-0.39, 0.29) is 24.2 Å². The Labute approximate surface area is 238 Å². The van der Waals surface area contributed by atoms with Crippen LogP contribution in [0.4, 0.5) is 0 Å². The highest BCUT2D eigenvalue weighted by atomic mass is 35.5.